The summed E-state index contributed by atoms with van der Waals surface area (Å²) in [5.74, 6) is -0.203. The first-order chi connectivity index (χ1) is 18.2. The smallest absolute Gasteiger partial charge is 0.262 e. The Hall–Kier alpha value is -2.71. The minimum atomic E-state index is -0.525. The second-order valence-electron chi connectivity index (χ2n) is 10.2. The van der Waals surface area contributed by atoms with E-state index in [1.54, 1.807) is 0 Å². The lowest BCUT2D eigenvalue weighted by atomic mass is 9.71. The Labute approximate surface area is 239 Å². The molecule has 3 aliphatic rings. The summed E-state index contributed by atoms with van der Waals surface area (Å²) >= 11 is 7.21. The van der Waals surface area contributed by atoms with Gasteiger partial charge in [-0.05, 0) is 79.2 Å². The van der Waals surface area contributed by atoms with Crippen LogP contribution in [0.1, 0.15) is 61.1 Å². The van der Waals surface area contributed by atoms with Gasteiger partial charge in [-0.3, -0.25) is 14.4 Å². The molecule has 198 valence electrons. The highest BCUT2D eigenvalue weighted by atomic mass is 79.9. The molecule has 0 saturated heterocycles. The van der Waals surface area contributed by atoms with Gasteiger partial charge in [0.15, 0.2) is 18.2 Å². The first-order valence-corrected chi connectivity index (χ1v) is 14.5. The number of nitrogens with one attached hydrogen (secondary N) is 1. The zero-order chi connectivity index (χ0) is 27.1. The predicted octanol–water partition coefficient (Wildman–Crippen LogP) is 6.89. The Morgan fingerprint density at radius 3 is 2.21 bits per heavy atom. The molecule has 2 aromatic rings. The lowest BCUT2D eigenvalue weighted by molar-refractivity contribution is -0.119. The molecule has 0 atom stereocenters. The van der Waals surface area contributed by atoms with E-state index in [1.807, 2.05) is 51.2 Å². The van der Waals surface area contributed by atoms with Crippen molar-refractivity contribution in [2.75, 3.05) is 19.0 Å². The van der Waals surface area contributed by atoms with Crippen LogP contribution in [0.3, 0.4) is 0 Å². The summed E-state index contributed by atoms with van der Waals surface area (Å²) in [6, 6.07) is 9.61. The van der Waals surface area contributed by atoms with Gasteiger partial charge in [-0.25, -0.2) is 0 Å². The molecule has 1 heterocycles. The van der Waals surface area contributed by atoms with Crippen molar-refractivity contribution in [3.63, 3.8) is 0 Å². The lowest BCUT2D eigenvalue weighted by Gasteiger charge is -2.42. The largest absolute Gasteiger partial charge is 0.482 e. The highest BCUT2D eigenvalue weighted by molar-refractivity contribution is 9.11. The van der Waals surface area contributed by atoms with E-state index in [9.17, 15) is 14.4 Å². The first kappa shape index (κ1) is 26.9. The van der Waals surface area contributed by atoms with Crippen molar-refractivity contribution in [2.24, 2.45) is 0 Å². The van der Waals surface area contributed by atoms with Gasteiger partial charge in [0.2, 0.25) is 0 Å². The fraction of sp³-hybridized carbons (Fsp3) is 0.367. The Kier molecular flexibility index (Phi) is 7.65. The Morgan fingerprint density at radius 2 is 1.61 bits per heavy atom. The van der Waals surface area contributed by atoms with Crippen LogP contribution in [0.4, 0.5) is 5.69 Å². The number of allylic oxidation sites excluding steroid dienone is 4. The van der Waals surface area contributed by atoms with Crippen LogP contribution in [-0.2, 0) is 14.4 Å². The molecule has 0 spiro atoms. The minimum absolute atomic E-state index is 0.0719. The molecule has 1 amide bonds. The van der Waals surface area contributed by atoms with Crippen LogP contribution < -0.4 is 10.1 Å². The second kappa shape index (κ2) is 10.8. The molecule has 1 aliphatic heterocycles. The minimum Gasteiger partial charge on any atom is -0.482 e. The third kappa shape index (κ3) is 5.00. The number of halogens is 2. The fourth-order valence-electron chi connectivity index (χ4n) is 5.89. The normalized spacial score (nSPS) is 18.0. The van der Waals surface area contributed by atoms with Gasteiger partial charge in [-0.2, -0.15) is 0 Å². The standard InChI is InChI=1S/C30H30Br2N2O4/c1-16-10-11-21(17(2)12-16)33-26(37)15-38-30-19(13-18(31)14-20(30)32)27-28-22(6-4-8-24(28)35)34(3)23-7-5-9-25(36)29(23)27/h10-14,27H,4-9,15H2,1-3H3,(H,33,37). The number of hydrogen-bond acceptors (Lipinski definition) is 5. The monoisotopic (exact) mass is 640 g/mol. The third-order valence-electron chi connectivity index (χ3n) is 7.60. The maximum absolute atomic E-state index is 13.4. The maximum atomic E-state index is 13.4. The molecule has 2 aromatic carbocycles. The molecular weight excluding hydrogens is 612 g/mol. The highest BCUT2D eigenvalue weighted by Crippen LogP contribution is 2.51. The molecule has 5 rings (SSSR count). The van der Waals surface area contributed by atoms with E-state index in [0.29, 0.717) is 39.8 Å². The number of anilines is 1. The summed E-state index contributed by atoms with van der Waals surface area (Å²) in [6.45, 7) is 3.74. The average Bonchev–Trinajstić information content (AvgIpc) is 2.86. The zero-order valence-corrected chi connectivity index (χ0v) is 24.9. The van der Waals surface area contributed by atoms with Crippen molar-refractivity contribution < 1.29 is 19.1 Å². The molecule has 8 heteroatoms. The summed E-state index contributed by atoms with van der Waals surface area (Å²) in [5.41, 5.74) is 6.90. The average molecular weight is 642 g/mol. The Balaban J connectivity index is 1.54. The van der Waals surface area contributed by atoms with Gasteiger partial charge in [0.25, 0.3) is 5.91 Å². The quantitative estimate of drug-likeness (QED) is 0.385. The van der Waals surface area contributed by atoms with Crippen molar-refractivity contribution in [1.82, 2.24) is 4.90 Å². The molecule has 0 aromatic heterocycles. The number of carbonyl (C=O) groups is 3. The molecule has 0 saturated carbocycles. The summed E-state index contributed by atoms with van der Waals surface area (Å²) in [6.07, 6.45) is 4.11. The van der Waals surface area contributed by atoms with E-state index in [4.69, 9.17) is 4.74 Å². The van der Waals surface area contributed by atoms with Crippen LogP contribution in [0.25, 0.3) is 0 Å². The van der Waals surface area contributed by atoms with Crippen LogP contribution in [0.2, 0.25) is 0 Å². The van der Waals surface area contributed by atoms with Crippen molar-refractivity contribution in [1.29, 1.82) is 0 Å². The number of carbonyl (C=O) groups excluding carboxylic acids is 3. The number of rotatable bonds is 5. The van der Waals surface area contributed by atoms with E-state index in [0.717, 1.165) is 58.4 Å². The van der Waals surface area contributed by atoms with Gasteiger partial charge in [0.05, 0.1) is 4.47 Å². The molecule has 38 heavy (non-hydrogen) atoms. The topological polar surface area (TPSA) is 75.7 Å². The first-order valence-electron chi connectivity index (χ1n) is 12.9. The zero-order valence-electron chi connectivity index (χ0n) is 21.7. The van der Waals surface area contributed by atoms with Crippen LogP contribution in [-0.4, -0.2) is 36.0 Å². The lowest BCUT2D eigenvalue weighted by Crippen LogP contribution is -2.37. The number of benzene rings is 2. The van der Waals surface area contributed by atoms with Crippen molar-refractivity contribution in [2.45, 2.75) is 58.3 Å². The Morgan fingerprint density at radius 1 is 0.974 bits per heavy atom. The van der Waals surface area contributed by atoms with Crippen molar-refractivity contribution in [3.8, 4) is 5.75 Å². The second-order valence-corrected chi connectivity index (χ2v) is 12.0. The van der Waals surface area contributed by atoms with Crippen molar-refractivity contribution >= 4 is 55.0 Å². The van der Waals surface area contributed by atoms with E-state index < -0.39 is 5.92 Å². The SMILES string of the molecule is Cc1ccc(NC(=O)COc2c(Br)cc(Br)cc2C2C3=C(CCCC3=O)N(C)C3=C2C(=O)CCC3)c(C)c1. The molecule has 0 radical (unpaired) electrons. The van der Waals surface area contributed by atoms with Crippen molar-refractivity contribution in [3.05, 3.63) is 78.5 Å². The number of amides is 1. The number of ether oxygens (including phenoxy) is 1. The van der Waals surface area contributed by atoms with Crippen LogP contribution in [0, 0.1) is 13.8 Å². The van der Waals surface area contributed by atoms with Gasteiger partial charge in [0, 0.05) is 64.1 Å². The molecule has 0 unspecified atom stereocenters. The van der Waals surface area contributed by atoms with E-state index in [2.05, 4.69) is 42.1 Å². The molecule has 1 N–H and O–H groups in total. The molecule has 0 fully saturated rings. The maximum Gasteiger partial charge on any atom is 0.262 e. The fourth-order valence-corrected chi connectivity index (χ4v) is 7.26. The van der Waals surface area contributed by atoms with E-state index in [1.165, 1.54) is 0 Å². The third-order valence-corrected chi connectivity index (χ3v) is 8.64. The summed E-state index contributed by atoms with van der Waals surface area (Å²) in [5, 5.41) is 2.93. The molecular formula is C30H30Br2N2O4. The molecule has 0 bridgehead atoms. The van der Waals surface area contributed by atoms with Gasteiger partial charge < -0.3 is 15.0 Å². The predicted molar refractivity (Wildman–Crippen MR) is 154 cm³/mol. The highest BCUT2D eigenvalue weighted by Gasteiger charge is 2.43. The number of ketones is 2. The summed E-state index contributed by atoms with van der Waals surface area (Å²) in [7, 11) is 1.98. The van der Waals surface area contributed by atoms with E-state index in [-0.39, 0.29) is 24.1 Å². The number of hydrogen-bond donors (Lipinski definition) is 1. The van der Waals surface area contributed by atoms with Gasteiger partial charge >= 0.3 is 0 Å². The number of aryl methyl sites for hydroxylation is 2. The van der Waals surface area contributed by atoms with Gasteiger partial charge in [-0.15, -0.1) is 0 Å². The molecule has 2 aliphatic carbocycles. The number of nitrogens with zero attached hydrogens (tertiary/aromatic N) is 1. The van der Waals surface area contributed by atoms with Crippen LogP contribution in [0.15, 0.2) is 61.8 Å². The van der Waals surface area contributed by atoms with Gasteiger partial charge in [0.1, 0.15) is 5.75 Å². The van der Waals surface area contributed by atoms with Crippen LogP contribution >= 0.6 is 31.9 Å². The summed E-state index contributed by atoms with van der Waals surface area (Å²) < 4.78 is 7.61. The number of Topliss-reactive ketones (excluding diaryl/α,β-unsaturated/α-hetero) is 2. The molecule has 6 nitrogen and oxygen atoms in total. The Bertz CT molecular complexity index is 1380. The van der Waals surface area contributed by atoms with Gasteiger partial charge in [-0.1, -0.05) is 33.6 Å². The summed E-state index contributed by atoms with van der Waals surface area (Å²) in [4.78, 5) is 41.8. The van der Waals surface area contributed by atoms with E-state index >= 15 is 0 Å². The van der Waals surface area contributed by atoms with Crippen LogP contribution in [0.5, 0.6) is 5.75 Å².